The van der Waals surface area contributed by atoms with E-state index in [4.69, 9.17) is 9.52 Å². The van der Waals surface area contributed by atoms with Crippen molar-refractivity contribution in [2.45, 2.75) is 64.7 Å². The van der Waals surface area contributed by atoms with Crippen molar-refractivity contribution in [3.05, 3.63) is 11.8 Å². The molecule has 1 N–H and O–H groups in total. The molecule has 1 heterocycles. The van der Waals surface area contributed by atoms with Crippen molar-refractivity contribution in [1.82, 2.24) is 10.2 Å². The predicted molar refractivity (Wildman–Crippen MR) is 69.9 cm³/mol. The van der Waals surface area contributed by atoms with E-state index in [1.807, 2.05) is 0 Å². The summed E-state index contributed by atoms with van der Waals surface area (Å²) in [5, 5.41) is 17.2. The summed E-state index contributed by atoms with van der Waals surface area (Å²) in [5.41, 5.74) is -0.176. The smallest absolute Gasteiger partial charge is 0.303 e. The fourth-order valence-electron chi connectivity index (χ4n) is 2.89. The van der Waals surface area contributed by atoms with Crippen LogP contribution in [-0.4, -0.2) is 21.3 Å². The maximum atomic E-state index is 11.0. The summed E-state index contributed by atoms with van der Waals surface area (Å²) in [6, 6.07) is 0. The molecule has 2 rings (SSSR count). The Labute approximate surface area is 113 Å². The van der Waals surface area contributed by atoms with Crippen molar-refractivity contribution in [1.29, 1.82) is 0 Å². The van der Waals surface area contributed by atoms with E-state index in [1.54, 1.807) is 0 Å². The molecule has 1 unspecified atom stereocenters. The van der Waals surface area contributed by atoms with Crippen molar-refractivity contribution < 1.29 is 14.3 Å². The molecule has 0 spiro atoms. The summed E-state index contributed by atoms with van der Waals surface area (Å²) in [6.07, 6.45) is 5.85. The van der Waals surface area contributed by atoms with Crippen LogP contribution in [0, 0.1) is 5.41 Å². The normalized spacial score (nSPS) is 19.5. The van der Waals surface area contributed by atoms with E-state index in [0.29, 0.717) is 18.2 Å². The van der Waals surface area contributed by atoms with E-state index in [2.05, 4.69) is 24.0 Å². The Balaban J connectivity index is 2.09. The third-order valence-electron chi connectivity index (χ3n) is 4.23. The van der Waals surface area contributed by atoms with Gasteiger partial charge < -0.3 is 9.52 Å². The summed E-state index contributed by atoms with van der Waals surface area (Å²) in [6.45, 7) is 4.14. The molecular weight excluding hydrogens is 244 g/mol. The average Bonchev–Trinajstić information content (AvgIpc) is 2.98. The third kappa shape index (κ3) is 3.33. The molecule has 1 fully saturated rings. The highest BCUT2D eigenvalue weighted by Gasteiger charge is 2.37. The summed E-state index contributed by atoms with van der Waals surface area (Å²) >= 11 is 0. The van der Waals surface area contributed by atoms with Gasteiger partial charge in [-0.1, -0.05) is 26.7 Å². The minimum absolute atomic E-state index is 0.176. The molecule has 1 aromatic rings. The number of carbonyl (C=O) groups is 1. The highest BCUT2D eigenvalue weighted by molar-refractivity contribution is 5.67. The maximum absolute atomic E-state index is 11.0. The van der Waals surface area contributed by atoms with Gasteiger partial charge in [0.1, 0.15) is 0 Å². The number of hydrogen-bond donors (Lipinski definition) is 1. The van der Waals surface area contributed by atoms with Gasteiger partial charge in [-0.2, -0.15) is 0 Å². The first-order valence-electron chi connectivity index (χ1n) is 7.09. The van der Waals surface area contributed by atoms with Crippen LogP contribution in [0.4, 0.5) is 0 Å². The van der Waals surface area contributed by atoms with Gasteiger partial charge in [-0.15, -0.1) is 10.2 Å². The van der Waals surface area contributed by atoms with Gasteiger partial charge in [0.05, 0.1) is 6.42 Å². The SMILES string of the molecule is CCC(C)c1nnc(CC2(CC(=O)O)CCCC2)o1. The van der Waals surface area contributed by atoms with Crippen molar-refractivity contribution in [2.24, 2.45) is 5.41 Å². The summed E-state index contributed by atoms with van der Waals surface area (Å²) < 4.78 is 5.69. The Kier molecular flexibility index (Phi) is 4.22. The average molecular weight is 266 g/mol. The fourth-order valence-corrected chi connectivity index (χ4v) is 2.89. The van der Waals surface area contributed by atoms with E-state index in [9.17, 15) is 4.79 Å². The van der Waals surface area contributed by atoms with Crippen molar-refractivity contribution >= 4 is 5.97 Å². The Morgan fingerprint density at radius 3 is 2.68 bits per heavy atom. The first-order valence-corrected chi connectivity index (χ1v) is 7.09. The van der Waals surface area contributed by atoms with Crippen LogP contribution in [0.15, 0.2) is 4.42 Å². The van der Waals surface area contributed by atoms with Crippen molar-refractivity contribution in [3.63, 3.8) is 0 Å². The number of nitrogens with zero attached hydrogens (tertiary/aromatic N) is 2. The van der Waals surface area contributed by atoms with Crippen molar-refractivity contribution in [3.8, 4) is 0 Å². The molecule has 0 aromatic carbocycles. The lowest BCUT2D eigenvalue weighted by molar-refractivity contribution is -0.139. The van der Waals surface area contributed by atoms with Gasteiger partial charge in [0.25, 0.3) is 0 Å². The first-order chi connectivity index (χ1) is 9.04. The van der Waals surface area contributed by atoms with Gasteiger partial charge in [0, 0.05) is 12.3 Å². The molecule has 1 aliphatic carbocycles. The van der Waals surface area contributed by atoms with E-state index in [1.165, 1.54) is 0 Å². The zero-order chi connectivity index (χ0) is 13.9. The van der Waals surface area contributed by atoms with Crippen LogP contribution in [0.3, 0.4) is 0 Å². The van der Waals surface area contributed by atoms with Crippen LogP contribution >= 0.6 is 0 Å². The predicted octanol–water partition coefficient (Wildman–Crippen LogP) is 3.16. The molecule has 1 aromatic heterocycles. The van der Waals surface area contributed by atoms with Crippen LogP contribution < -0.4 is 0 Å². The van der Waals surface area contributed by atoms with Crippen LogP contribution in [0.5, 0.6) is 0 Å². The van der Waals surface area contributed by atoms with Gasteiger partial charge >= 0.3 is 5.97 Å². The molecule has 0 amide bonds. The van der Waals surface area contributed by atoms with Crippen LogP contribution in [0.1, 0.15) is 70.1 Å². The Hall–Kier alpha value is -1.39. The Morgan fingerprint density at radius 1 is 1.42 bits per heavy atom. The summed E-state index contributed by atoms with van der Waals surface area (Å²) in [7, 11) is 0. The molecule has 0 aliphatic heterocycles. The highest BCUT2D eigenvalue weighted by Crippen LogP contribution is 2.43. The lowest BCUT2D eigenvalue weighted by Gasteiger charge is -2.24. The number of hydrogen-bond acceptors (Lipinski definition) is 4. The van der Waals surface area contributed by atoms with Gasteiger partial charge in [-0.25, -0.2) is 0 Å². The number of carboxylic acids is 1. The van der Waals surface area contributed by atoms with Crippen LogP contribution in [0.25, 0.3) is 0 Å². The number of aliphatic carboxylic acids is 1. The zero-order valence-corrected chi connectivity index (χ0v) is 11.7. The van der Waals surface area contributed by atoms with E-state index < -0.39 is 5.97 Å². The largest absolute Gasteiger partial charge is 0.481 e. The fraction of sp³-hybridized carbons (Fsp3) is 0.786. The standard InChI is InChI=1S/C14H22N2O3/c1-3-10(2)13-16-15-11(19-13)8-14(9-12(17)18)6-4-5-7-14/h10H,3-9H2,1-2H3,(H,17,18). The van der Waals surface area contributed by atoms with Gasteiger partial charge in [-0.05, 0) is 24.7 Å². The molecule has 106 valence electrons. The molecule has 0 saturated heterocycles. The van der Waals surface area contributed by atoms with Crippen LogP contribution in [-0.2, 0) is 11.2 Å². The minimum atomic E-state index is -0.733. The maximum Gasteiger partial charge on any atom is 0.303 e. The zero-order valence-electron chi connectivity index (χ0n) is 11.7. The molecule has 1 atom stereocenters. The molecule has 1 aliphatic rings. The van der Waals surface area contributed by atoms with Crippen molar-refractivity contribution in [2.75, 3.05) is 0 Å². The third-order valence-corrected chi connectivity index (χ3v) is 4.23. The number of aromatic nitrogens is 2. The lowest BCUT2D eigenvalue weighted by atomic mass is 9.79. The number of carboxylic acid groups (broad SMARTS) is 1. The topological polar surface area (TPSA) is 76.2 Å². The second-order valence-electron chi connectivity index (χ2n) is 5.80. The molecule has 0 radical (unpaired) electrons. The second-order valence-corrected chi connectivity index (χ2v) is 5.80. The first kappa shape index (κ1) is 14.0. The lowest BCUT2D eigenvalue weighted by Crippen LogP contribution is -2.24. The highest BCUT2D eigenvalue weighted by atomic mass is 16.4. The quantitative estimate of drug-likeness (QED) is 0.855. The van der Waals surface area contributed by atoms with Crippen LogP contribution in [0.2, 0.25) is 0 Å². The summed E-state index contributed by atoms with van der Waals surface area (Å²) in [4.78, 5) is 11.0. The Morgan fingerprint density at radius 2 is 2.11 bits per heavy atom. The summed E-state index contributed by atoms with van der Waals surface area (Å²) in [5.74, 6) is 0.795. The molecule has 0 bridgehead atoms. The van der Waals surface area contributed by atoms with Gasteiger partial charge in [0.2, 0.25) is 11.8 Å². The van der Waals surface area contributed by atoms with E-state index in [0.717, 1.165) is 32.1 Å². The molecule has 5 nitrogen and oxygen atoms in total. The molecule has 19 heavy (non-hydrogen) atoms. The van der Waals surface area contributed by atoms with E-state index in [-0.39, 0.29) is 17.8 Å². The second kappa shape index (κ2) is 5.72. The van der Waals surface area contributed by atoms with E-state index >= 15 is 0 Å². The molecular formula is C14H22N2O3. The van der Waals surface area contributed by atoms with Gasteiger partial charge in [-0.3, -0.25) is 4.79 Å². The van der Waals surface area contributed by atoms with Gasteiger partial charge in [0.15, 0.2) is 0 Å². The number of rotatable bonds is 6. The molecule has 5 heteroatoms. The molecule has 1 saturated carbocycles. The monoisotopic (exact) mass is 266 g/mol. The minimum Gasteiger partial charge on any atom is -0.481 e. The Bertz CT molecular complexity index is 436.